The van der Waals surface area contributed by atoms with Gasteiger partial charge in [-0.3, -0.25) is 0 Å². The average Bonchev–Trinajstić information content (AvgIpc) is 2.74. The lowest BCUT2D eigenvalue weighted by atomic mass is 9.87. The fourth-order valence-electron chi connectivity index (χ4n) is 4.26. The Morgan fingerprint density at radius 1 is 0.889 bits per heavy atom. The van der Waals surface area contributed by atoms with Gasteiger partial charge >= 0.3 is 0 Å². The van der Waals surface area contributed by atoms with E-state index in [9.17, 15) is 0 Å². The number of nitrogens with zero attached hydrogens (tertiary/aromatic N) is 1. The Labute approximate surface area is 166 Å². The van der Waals surface area contributed by atoms with Crippen LogP contribution in [0.2, 0.25) is 0 Å². The van der Waals surface area contributed by atoms with Gasteiger partial charge in [0.05, 0.1) is 0 Å². The van der Waals surface area contributed by atoms with Crippen LogP contribution in [0.25, 0.3) is 0 Å². The molecular formula is C25H36N2. The van der Waals surface area contributed by atoms with Crippen LogP contribution >= 0.6 is 0 Å². The molecule has 146 valence electrons. The monoisotopic (exact) mass is 364 g/mol. The zero-order valence-electron chi connectivity index (χ0n) is 16.9. The first-order valence-electron chi connectivity index (χ1n) is 10.9. The molecule has 0 aromatic heterocycles. The van der Waals surface area contributed by atoms with Crippen molar-refractivity contribution in [3.8, 4) is 0 Å². The van der Waals surface area contributed by atoms with E-state index in [-0.39, 0.29) is 0 Å². The molecule has 2 heteroatoms. The molecule has 27 heavy (non-hydrogen) atoms. The summed E-state index contributed by atoms with van der Waals surface area (Å²) in [6.45, 7) is 7.20. The summed E-state index contributed by atoms with van der Waals surface area (Å²) in [5.41, 5.74) is 2.89. The third-order valence-corrected chi connectivity index (χ3v) is 5.92. The standard InChI is InChI=1S/C25H36N2/c1-2-3-18-26-24-16-20-27(21-17-24)19-10-15-25(22-11-6-4-7-12-22)23-13-8-5-9-14-23/h4-9,11-14,24-26H,2-3,10,15-21H2,1H3. The fraction of sp³-hybridized carbons (Fsp3) is 0.520. The number of benzene rings is 2. The Hall–Kier alpha value is -1.64. The smallest absolute Gasteiger partial charge is 0.00914 e. The summed E-state index contributed by atoms with van der Waals surface area (Å²) in [4.78, 5) is 2.67. The molecule has 0 spiro atoms. The van der Waals surface area contributed by atoms with Crippen LogP contribution in [0.15, 0.2) is 60.7 Å². The molecule has 1 N–H and O–H groups in total. The summed E-state index contributed by atoms with van der Waals surface area (Å²) in [6, 6.07) is 22.8. The predicted octanol–water partition coefficient (Wildman–Crippen LogP) is 5.45. The molecule has 3 rings (SSSR count). The number of likely N-dealkylation sites (tertiary alicyclic amines) is 1. The van der Waals surface area contributed by atoms with E-state index in [0.29, 0.717) is 5.92 Å². The van der Waals surface area contributed by atoms with E-state index >= 15 is 0 Å². The van der Waals surface area contributed by atoms with E-state index in [1.807, 2.05) is 0 Å². The maximum Gasteiger partial charge on any atom is 0.00914 e. The minimum atomic E-state index is 0.514. The normalized spacial score (nSPS) is 16.1. The molecule has 1 aliphatic rings. The minimum Gasteiger partial charge on any atom is -0.314 e. The molecule has 0 amide bonds. The van der Waals surface area contributed by atoms with Crippen LogP contribution in [0.3, 0.4) is 0 Å². The van der Waals surface area contributed by atoms with Crippen molar-refractivity contribution in [1.82, 2.24) is 10.2 Å². The lowest BCUT2D eigenvalue weighted by molar-refractivity contribution is 0.194. The Balaban J connectivity index is 1.46. The Kier molecular flexibility index (Phi) is 8.38. The Bertz CT molecular complexity index is 578. The second-order valence-corrected chi connectivity index (χ2v) is 7.94. The van der Waals surface area contributed by atoms with Gasteiger partial charge in [0.15, 0.2) is 0 Å². The van der Waals surface area contributed by atoms with Gasteiger partial charge in [-0.2, -0.15) is 0 Å². The Morgan fingerprint density at radius 2 is 1.48 bits per heavy atom. The second kappa shape index (κ2) is 11.3. The van der Waals surface area contributed by atoms with Gasteiger partial charge in [0.25, 0.3) is 0 Å². The average molecular weight is 365 g/mol. The van der Waals surface area contributed by atoms with Gasteiger partial charge in [0.2, 0.25) is 0 Å². The maximum absolute atomic E-state index is 3.73. The first kappa shape index (κ1) is 20.1. The summed E-state index contributed by atoms with van der Waals surface area (Å²) < 4.78 is 0. The summed E-state index contributed by atoms with van der Waals surface area (Å²) in [5.74, 6) is 0.514. The van der Waals surface area contributed by atoms with Gasteiger partial charge in [-0.1, -0.05) is 74.0 Å². The van der Waals surface area contributed by atoms with Gasteiger partial charge in [-0.25, -0.2) is 0 Å². The van der Waals surface area contributed by atoms with Crippen molar-refractivity contribution < 1.29 is 0 Å². The number of hydrogen-bond acceptors (Lipinski definition) is 2. The van der Waals surface area contributed by atoms with Crippen molar-refractivity contribution in [3.05, 3.63) is 71.8 Å². The molecule has 0 saturated carbocycles. The molecule has 1 aliphatic heterocycles. The molecule has 1 fully saturated rings. The predicted molar refractivity (Wildman–Crippen MR) is 116 cm³/mol. The molecular weight excluding hydrogens is 328 g/mol. The summed E-state index contributed by atoms with van der Waals surface area (Å²) in [7, 11) is 0. The van der Waals surface area contributed by atoms with E-state index in [1.54, 1.807) is 0 Å². The van der Waals surface area contributed by atoms with Crippen molar-refractivity contribution in [2.75, 3.05) is 26.2 Å². The highest BCUT2D eigenvalue weighted by atomic mass is 15.1. The fourth-order valence-corrected chi connectivity index (χ4v) is 4.26. The van der Waals surface area contributed by atoms with Crippen molar-refractivity contribution in [1.29, 1.82) is 0 Å². The van der Waals surface area contributed by atoms with Gasteiger partial charge in [-0.15, -0.1) is 0 Å². The molecule has 0 aliphatic carbocycles. The van der Waals surface area contributed by atoms with Crippen LogP contribution in [0.4, 0.5) is 0 Å². The minimum absolute atomic E-state index is 0.514. The van der Waals surface area contributed by atoms with Crippen LogP contribution < -0.4 is 5.32 Å². The number of piperidine rings is 1. The number of rotatable bonds is 10. The SMILES string of the molecule is CCCCNC1CCN(CCCC(c2ccccc2)c2ccccc2)CC1. The third kappa shape index (κ3) is 6.48. The van der Waals surface area contributed by atoms with Crippen molar-refractivity contribution >= 4 is 0 Å². The maximum atomic E-state index is 3.73. The van der Waals surface area contributed by atoms with Gasteiger partial charge in [0, 0.05) is 12.0 Å². The molecule has 2 aromatic carbocycles. The molecule has 1 saturated heterocycles. The zero-order chi connectivity index (χ0) is 18.7. The van der Waals surface area contributed by atoms with E-state index in [1.165, 1.54) is 75.8 Å². The van der Waals surface area contributed by atoms with Gasteiger partial charge in [0.1, 0.15) is 0 Å². The topological polar surface area (TPSA) is 15.3 Å². The van der Waals surface area contributed by atoms with Gasteiger partial charge in [-0.05, 0) is 69.4 Å². The second-order valence-electron chi connectivity index (χ2n) is 7.94. The highest BCUT2D eigenvalue weighted by molar-refractivity contribution is 5.32. The highest BCUT2D eigenvalue weighted by Crippen LogP contribution is 2.29. The molecule has 0 unspecified atom stereocenters. The van der Waals surface area contributed by atoms with Crippen LogP contribution in [0, 0.1) is 0 Å². The Morgan fingerprint density at radius 3 is 2.04 bits per heavy atom. The largest absolute Gasteiger partial charge is 0.314 e. The summed E-state index contributed by atoms with van der Waals surface area (Å²) in [5, 5.41) is 3.73. The van der Waals surface area contributed by atoms with Gasteiger partial charge < -0.3 is 10.2 Å². The number of unbranched alkanes of at least 4 members (excludes halogenated alkanes) is 1. The highest BCUT2D eigenvalue weighted by Gasteiger charge is 2.19. The quantitative estimate of drug-likeness (QED) is 0.564. The lowest BCUT2D eigenvalue weighted by Gasteiger charge is -2.32. The zero-order valence-corrected chi connectivity index (χ0v) is 16.9. The van der Waals surface area contributed by atoms with Crippen LogP contribution in [0.1, 0.15) is 62.5 Å². The molecule has 0 radical (unpaired) electrons. The van der Waals surface area contributed by atoms with E-state index < -0.39 is 0 Å². The van der Waals surface area contributed by atoms with Crippen molar-refractivity contribution in [2.45, 2.75) is 57.4 Å². The van der Waals surface area contributed by atoms with E-state index in [4.69, 9.17) is 0 Å². The number of nitrogens with one attached hydrogen (secondary N) is 1. The lowest BCUT2D eigenvalue weighted by Crippen LogP contribution is -2.43. The van der Waals surface area contributed by atoms with Crippen molar-refractivity contribution in [2.24, 2.45) is 0 Å². The molecule has 0 atom stereocenters. The summed E-state index contributed by atoms with van der Waals surface area (Å²) >= 11 is 0. The third-order valence-electron chi connectivity index (χ3n) is 5.92. The number of hydrogen-bond donors (Lipinski definition) is 1. The van der Waals surface area contributed by atoms with E-state index in [0.717, 1.165) is 6.04 Å². The van der Waals surface area contributed by atoms with Crippen LogP contribution in [-0.4, -0.2) is 37.1 Å². The first-order valence-corrected chi connectivity index (χ1v) is 10.9. The summed E-state index contributed by atoms with van der Waals surface area (Å²) in [6.07, 6.45) is 7.70. The van der Waals surface area contributed by atoms with Crippen LogP contribution in [-0.2, 0) is 0 Å². The van der Waals surface area contributed by atoms with Crippen molar-refractivity contribution in [3.63, 3.8) is 0 Å². The molecule has 2 nitrogen and oxygen atoms in total. The first-order chi connectivity index (χ1) is 13.4. The molecule has 1 heterocycles. The molecule has 0 bridgehead atoms. The van der Waals surface area contributed by atoms with E-state index in [2.05, 4.69) is 77.8 Å². The molecule has 2 aromatic rings. The van der Waals surface area contributed by atoms with Crippen LogP contribution in [0.5, 0.6) is 0 Å².